The Morgan fingerprint density at radius 2 is 1.84 bits per heavy atom. The highest BCUT2D eigenvalue weighted by molar-refractivity contribution is 5.93. The Kier molecular flexibility index (Phi) is 3.38. The third-order valence-electron chi connectivity index (χ3n) is 3.87. The smallest absolute Gasteiger partial charge is 0.226 e. The van der Waals surface area contributed by atoms with E-state index in [0.717, 1.165) is 18.5 Å². The molecule has 3 heteroatoms. The molecule has 0 aromatic heterocycles. The Morgan fingerprint density at radius 3 is 2.42 bits per heavy atom. The molecular formula is C16H19NO2. The van der Waals surface area contributed by atoms with E-state index in [9.17, 15) is 4.79 Å². The predicted molar refractivity (Wildman–Crippen MR) is 75.0 cm³/mol. The van der Waals surface area contributed by atoms with Gasteiger partial charge in [-0.2, -0.15) is 0 Å². The lowest BCUT2D eigenvalue weighted by atomic mass is 10.00. The molecule has 2 bridgehead atoms. The monoisotopic (exact) mass is 257 g/mol. The van der Waals surface area contributed by atoms with Crippen molar-refractivity contribution in [1.82, 2.24) is 0 Å². The maximum Gasteiger partial charge on any atom is 0.226 e. The molecule has 19 heavy (non-hydrogen) atoms. The van der Waals surface area contributed by atoms with Crippen LogP contribution in [-0.4, -0.2) is 24.2 Å². The van der Waals surface area contributed by atoms with Gasteiger partial charge in [0, 0.05) is 18.2 Å². The zero-order chi connectivity index (χ0) is 13.2. The van der Waals surface area contributed by atoms with Gasteiger partial charge in [0.1, 0.15) is 0 Å². The largest absolute Gasteiger partial charge is 0.367 e. The highest BCUT2D eigenvalue weighted by Crippen LogP contribution is 2.32. The molecule has 3 atom stereocenters. The summed E-state index contributed by atoms with van der Waals surface area (Å²) in [5.41, 5.74) is 1.00. The van der Waals surface area contributed by atoms with Gasteiger partial charge in [-0.1, -0.05) is 37.3 Å². The Bertz CT molecular complexity index is 469. The van der Waals surface area contributed by atoms with E-state index in [1.807, 2.05) is 42.2 Å². The molecule has 2 aliphatic heterocycles. The summed E-state index contributed by atoms with van der Waals surface area (Å²) in [6, 6.07) is 10.2. The Morgan fingerprint density at radius 1 is 1.21 bits per heavy atom. The number of para-hydroxylation sites is 1. The van der Waals surface area contributed by atoms with Crippen molar-refractivity contribution >= 4 is 11.6 Å². The number of carbonyl (C=O) groups excluding carboxylic acids is 1. The van der Waals surface area contributed by atoms with E-state index in [0.29, 0.717) is 6.42 Å². The molecule has 0 N–H and O–H groups in total. The zero-order valence-electron chi connectivity index (χ0n) is 11.2. The van der Waals surface area contributed by atoms with Crippen molar-refractivity contribution in [1.29, 1.82) is 0 Å². The number of ether oxygens (including phenoxy) is 1. The molecule has 1 saturated heterocycles. The summed E-state index contributed by atoms with van der Waals surface area (Å²) < 4.78 is 5.78. The number of carbonyl (C=O) groups is 1. The molecule has 0 saturated carbocycles. The minimum absolute atomic E-state index is 0.180. The molecule has 1 fully saturated rings. The molecule has 0 spiro atoms. The van der Waals surface area contributed by atoms with Crippen LogP contribution in [0, 0.1) is 0 Å². The van der Waals surface area contributed by atoms with Gasteiger partial charge in [0.05, 0.1) is 12.2 Å². The first-order chi connectivity index (χ1) is 9.28. The third kappa shape index (κ3) is 2.43. The van der Waals surface area contributed by atoms with Crippen LogP contribution in [0.1, 0.15) is 26.2 Å². The lowest BCUT2D eigenvalue weighted by Gasteiger charge is -2.37. The fourth-order valence-electron chi connectivity index (χ4n) is 2.99. The van der Waals surface area contributed by atoms with Crippen LogP contribution in [0.5, 0.6) is 0 Å². The molecule has 0 radical (unpaired) electrons. The Labute approximate surface area is 113 Å². The molecule has 2 heterocycles. The maximum atomic E-state index is 12.3. The average molecular weight is 257 g/mol. The fraction of sp³-hybridized carbons (Fsp3) is 0.438. The van der Waals surface area contributed by atoms with Gasteiger partial charge in [-0.05, 0) is 25.0 Å². The molecule has 3 nitrogen and oxygen atoms in total. The van der Waals surface area contributed by atoms with Crippen LogP contribution in [0.25, 0.3) is 0 Å². The fourth-order valence-corrected chi connectivity index (χ4v) is 2.99. The molecular weight excluding hydrogens is 238 g/mol. The van der Waals surface area contributed by atoms with Crippen LogP contribution in [0.2, 0.25) is 0 Å². The van der Waals surface area contributed by atoms with Crippen LogP contribution in [0.15, 0.2) is 42.5 Å². The van der Waals surface area contributed by atoms with Crippen molar-refractivity contribution < 1.29 is 9.53 Å². The summed E-state index contributed by atoms with van der Waals surface area (Å²) in [5.74, 6) is 0.192. The number of benzene rings is 1. The predicted octanol–water partition coefficient (Wildman–Crippen LogP) is 2.92. The SMILES string of the molecule is CCC(=O)N(c1ccccc1)C1C[C@H]2C=C[C@@H](C1)O2. The number of nitrogens with zero attached hydrogens (tertiary/aromatic N) is 1. The summed E-state index contributed by atoms with van der Waals surface area (Å²) in [4.78, 5) is 14.3. The number of amides is 1. The summed E-state index contributed by atoms with van der Waals surface area (Å²) in [6.45, 7) is 1.92. The van der Waals surface area contributed by atoms with E-state index >= 15 is 0 Å². The first kappa shape index (κ1) is 12.4. The molecule has 1 amide bonds. The molecule has 2 aliphatic rings. The first-order valence-electron chi connectivity index (χ1n) is 6.99. The number of anilines is 1. The van der Waals surface area contributed by atoms with Crippen molar-refractivity contribution in [3.8, 4) is 0 Å². The van der Waals surface area contributed by atoms with E-state index in [-0.39, 0.29) is 24.2 Å². The van der Waals surface area contributed by atoms with Crippen molar-refractivity contribution in [2.24, 2.45) is 0 Å². The van der Waals surface area contributed by atoms with Gasteiger partial charge in [-0.15, -0.1) is 0 Å². The standard InChI is InChI=1S/C16H19NO2/c1-2-16(18)17(12-6-4-3-5-7-12)13-10-14-8-9-15(11-13)19-14/h3-9,13-15H,2,10-11H2,1H3/t13?,14-,15+. The van der Waals surface area contributed by atoms with Crippen LogP contribution in [0.4, 0.5) is 5.69 Å². The molecule has 100 valence electrons. The normalized spacial score (nSPS) is 28.4. The number of hydrogen-bond acceptors (Lipinski definition) is 2. The maximum absolute atomic E-state index is 12.3. The molecule has 3 rings (SSSR count). The van der Waals surface area contributed by atoms with E-state index in [1.54, 1.807) is 0 Å². The highest BCUT2D eigenvalue weighted by atomic mass is 16.5. The second-order valence-electron chi connectivity index (χ2n) is 5.18. The lowest BCUT2D eigenvalue weighted by molar-refractivity contribution is -0.119. The van der Waals surface area contributed by atoms with Gasteiger partial charge in [-0.3, -0.25) is 4.79 Å². The first-order valence-corrected chi connectivity index (χ1v) is 6.99. The van der Waals surface area contributed by atoms with Crippen LogP contribution in [-0.2, 0) is 9.53 Å². The molecule has 1 unspecified atom stereocenters. The number of fused-ring (bicyclic) bond motifs is 2. The lowest BCUT2D eigenvalue weighted by Crippen LogP contribution is -2.46. The van der Waals surface area contributed by atoms with E-state index in [2.05, 4.69) is 12.2 Å². The Balaban J connectivity index is 1.86. The van der Waals surface area contributed by atoms with Crippen molar-refractivity contribution in [3.05, 3.63) is 42.5 Å². The molecule has 1 aromatic rings. The summed E-state index contributed by atoms with van der Waals surface area (Å²) in [6.07, 6.45) is 6.95. The van der Waals surface area contributed by atoms with E-state index < -0.39 is 0 Å². The van der Waals surface area contributed by atoms with Crippen molar-refractivity contribution in [2.75, 3.05) is 4.90 Å². The van der Waals surface area contributed by atoms with Gasteiger partial charge in [0.15, 0.2) is 0 Å². The minimum atomic E-state index is 0.180. The zero-order valence-corrected chi connectivity index (χ0v) is 11.2. The van der Waals surface area contributed by atoms with Crippen molar-refractivity contribution in [3.63, 3.8) is 0 Å². The van der Waals surface area contributed by atoms with Crippen LogP contribution >= 0.6 is 0 Å². The second-order valence-corrected chi connectivity index (χ2v) is 5.18. The third-order valence-corrected chi connectivity index (χ3v) is 3.87. The van der Waals surface area contributed by atoms with Crippen molar-refractivity contribution in [2.45, 2.75) is 44.4 Å². The average Bonchev–Trinajstić information content (AvgIpc) is 2.79. The number of rotatable bonds is 3. The van der Waals surface area contributed by atoms with Gasteiger partial charge >= 0.3 is 0 Å². The summed E-state index contributed by atoms with van der Waals surface area (Å²) >= 11 is 0. The summed E-state index contributed by atoms with van der Waals surface area (Å²) in [7, 11) is 0. The minimum Gasteiger partial charge on any atom is -0.367 e. The van der Waals surface area contributed by atoms with Gasteiger partial charge in [0.2, 0.25) is 5.91 Å². The van der Waals surface area contributed by atoms with E-state index in [1.165, 1.54) is 0 Å². The van der Waals surface area contributed by atoms with Gasteiger partial charge in [-0.25, -0.2) is 0 Å². The topological polar surface area (TPSA) is 29.5 Å². The van der Waals surface area contributed by atoms with Gasteiger partial charge < -0.3 is 9.64 Å². The van der Waals surface area contributed by atoms with Crippen LogP contribution < -0.4 is 4.90 Å². The van der Waals surface area contributed by atoms with E-state index in [4.69, 9.17) is 4.74 Å². The highest BCUT2D eigenvalue weighted by Gasteiger charge is 2.36. The number of hydrogen-bond donors (Lipinski definition) is 0. The van der Waals surface area contributed by atoms with Crippen LogP contribution in [0.3, 0.4) is 0 Å². The molecule has 1 aromatic carbocycles. The summed E-state index contributed by atoms with van der Waals surface area (Å²) in [5, 5.41) is 0. The van der Waals surface area contributed by atoms with Gasteiger partial charge in [0.25, 0.3) is 0 Å². The quantitative estimate of drug-likeness (QED) is 0.779. The Hall–Kier alpha value is -1.61. The molecule has 0 aliphatic carbocycles. The second kappa shape index (κ2) is 5.17.